The number of aromatic amines is 1. The van der Waals surface area contributed by atoms with Gasteiger partial charge >= 0.3 is 0 Å². The highest BCUT2D eigenvalue weighted by Gasteiger charge is 2.17. The minimum absolute atomic E-state index is 0.155. The Balaban J connectivity index is 1.82. The molecule has 2 aromatic heterocycles. The van der Waals surface area contributed by atoms with Gasteiger partial charge in [0.25, 0.3) is 0 Å². The fourth-order valence-electron chi connectivity index (χ4n) is 2.66. The van der Waals surface area contributed by atoms with Crippen LogP contribution in [0.4, 0.5) is 14.7 Å². The number of rotatable bonds is 7. The summed E-state index contributed by atoms with van der Waals surface area (Å²) in [5.74, 6) is 0.620. The first-order chi connectivity index (χ1) is 12.9. The second-order valence-corrected chi connectivity index (χ2v) is 7.35. The molecule has 10 heteroatoms. The monoisotopic (exact) mass is 414 g/mol. The molecule has 0 aliphatic heterocycles. The number of nitrogens with zero attached hydrogens (tertiary/aromatic N) is 2. The summed E-state index contributed by atoms with van der Waals surface area (Å²) >= 11 is 6.10. The predicted octanol–water partition coefficient (Wildman–Crippen LogP) is 4.26. The van der Waals surface area contributed by atoms with Crippen LogP contribution in [0.15, 0.2) is 29.4 Å². The molecule has 0 radical (unpaired) electrons. The standard InChI is InChI=1S/C17H17ClF2N4O2S/c1-9-10(3-6-14(19)20)7-22-17(23-9)24-27(25)13-8-21-15-11(13)4-5-12(18)16(15)26-2/h4-5,7-8,14,21H,3,6H2,1-2H3,(H,22,23,24). The fraction of sp³-hybridized carbons (Fsp3) is 0.294. The topological polar surface area (TPSA) is 79.9 Å². The van der Waals surface area contributed by atoms with E-state index in [2.05, 4.69) is 19.7 Å². The van der Waals surface area contributed by atoms with Gasteiger partial charge < -0.3 is 9.72 Å². The summed E-state index contributed by atoms with van der Waals surface area (Å²) in [6, 6.07) is 3.40. The highest BCUT2D eigenvalue weighted by Crippen LogP contribution is 2.35. The molecule has 144 valence electrons. The Morgan fingerprint density at radius 1 is 1.41 bits per heavy atom. The Hall–Kier alpha value is -2.26. The first kappa shape index (κ1) is 19.5. The van der Waals surface area contributed by atoms with Gasteiger partial charge in [-0.25, -0.2) is 23.0 Å². The molecule has 27 heavy (non-hydrogen) atoms. The van der Waals surface area contributed by atoms with Crippen LogP contribution in [-0.4, -0.2) is 32.7 Å². The van der Waals surface area contributed by atoms with Crippen LogP contribution in [-0.2, 0) is 17.4 Å². The number of aromatic nitrogens is 3. The van der Waals surface area contributed by atoms with E-state index in [4.69, 9.17) is 16.3 Å². The maximum absolute atomic E-state index is 12.7. The van der Waals surface area contributed by atoms with Gasteiger partial charge in [0.1, 0.15) is 0 Å². The van der Waals surface area contributed by atoms with Crippen LogP contribution in [0, 0.1) is 6.92 Å². The molecule has 0 spiro atoms. The molecule has 3 rings (SSSR count). The van der Waals surface area contributed by atoms with Crippen molar-refractivity contribution in [3.63, 3.8) is 0 Å². The molecule has 1 unspecified atom stereocenters. The van der Waals surface area contributed by atoms with Crippen molar-refractivity contribution >= 4 is 39.4 Å². The van der Waals surface area contributed by atoms with Crippen LogP contribution < -0.4 is 9.46 Å². The van der Waals surface area contributed by atoms with E-state index in [-0.39, 0.29) is 18.8 Å². The fourth-order valence-corrected chi connectivity index (χ4v) is 3.81. The summed E-state index contributed by atoms with van der Waals surface area (Å²) < 4.78 is 45.4. The predicted molar refractivity (Wildman–Crippen MR) is 101 cm³/mol. The lowest BCUT2D eigenvalue weighted by molar-refractivity contribution is 0.138. The van der Waals surface area contributed by atoms with Crippen LogP contribution in [0.5, 0.6) is 5.75 Å². The van der Waals surface area contributed by atoms with Crippen LogP contribution in [0.3, 0.4) is 0 Å². The summed E-state index contributed by atoms with van der Waals surface area (Å²) in [5, 5.41) is 1.13. The van der Waals surface area contributed by atoms with Crippen molar-refractivity contribution in [2.24, 2.45) is 0 Å². The normalized spacial score (nSPS) is 12.5. The summed E-state index contributed by atoms with van der Waals surface area (Å²) in [6.45, 7) is 1.70. The van der Waals surface area contributed by atoms with E-state index >= 15 is 0 Å². The SMILES string of the molecule is COc1c(Cl)ccc2c(S(=O)Nc3ncc(CCC(F)F)c(C)n3)c[nH]c12. The molecule has 0 aliphatic carbocycles. The Morgan fingerprint density at radius 2 is 2.19 bits per heavy atom. The number of aryl methyl sites for hydroxylation is 2. The lowest BCUT2D eigenvalue weighted by Gasteiger charge is -2.08. The third kappa shape index (κ3) is 4.19. The summed E-state index contributed by atoms with van der Waals surface area (Å²) in [5.41, 5.74) is 1.84. The number of alkyl halides is 2. The smallest absolute Gasteiger partial charge is 0.239 e. The van der Waals surface area contributed by atoms with Gasteiger partial charge in [0, 0.05) is 29.9 Å². The molecule has 3 aromatic rings. The minimum atomic E-state index is -2.37. The van der Waals surface area contributed by atoms with Gasteiger partial charge in [-0.05, 0) is 31.0 Å². The summed E-state index contributed by atoms with van der Waals surface area (Å²) in [4.78, 5) is 11.8. The van der Waals surface area contributed by atoms with Crippen molar-refractivity contribution in [1.29, 1.82) is 0 Å². The number of nitrogens with one attached hydrogen (secondary N) is 2. The van der Waals surface area contributed by atoms with Crippen molar-refractivity contribution in [2.75, 3.05) is 11.8 Å². The molecule has 0 saturated heterocycles. The van der Waals surface area contributed by atoms with Crippen molar-refractivity contribution in [1.82, 2.24) is 15.0 Å². The number of ether oxygens (including phenoxy) is 1. The number of hydrogen-bond donors (Lipinski definition) is 2. The molecule has 6 nitrogen and oxygen atoms in total. The number of anilines is 1. The van der Waals surface area contributed by atoms with Crippen LogP contribution in [0.1, 0.15) is 17.7 Å². The van der Waals surface area contributed by atoms with Gasteiger partial charge in [0.15, 0.2) is 16.7 Å². The van der Waals surface area contributed by atoms with Crippen molar-refractivity contribution in [3.8, 4) is 5.75 Å². The highest BCUT2D eigenvalue weighted by atomic mass is 35.5. The zero-order valence-electron chi connectivity index (χ0n) is 14.6. The van der Waals surface area contributed by atoms with Crippen LogP contribution in [0.25, 0.3) is 10.9 Å². The van der Waals surface area contributed by atoms with E-state index in [1.54, 1.807) is 25.3 Å². The van der Waals surface area contributed by atoms with Gasteiger partial charge in [0.05, 0.1) is 22.5 Å². The van der Waals surface area contributed by atoms with Crippen molar-refractivity contribution in [3.05, 3.63) is 40.8 Å². The lowest BCUT2D eigenvalue weighted by atomic mass is 10.1. The van der Waals surface area contributed by atoms with Gasteiger partial charge in [-0.1, -0.05) is 11.6 Å². The number of halogens is 3. The number of methoxy groups -OCH3 is 1. The number of H-pyrrole nitrogens is 1. The van der Waals surface area contributed by atoms with E-state index in [1.807, 2.05) is 0 Å². The van der Waals surface area contributed by atoms with Gasteiger partial charge in [-0.15, -0.1) is 0 Å². The molecule has 1 atom stereocenters. The van der Waals surface area contributed by atoms with Crippen molar-refractivity contribution < 1.29 is 17.7 Å². The number of fused-ring (bicyclic) bond motifs is 1. The molecule has 1 aromatic carbocycles. The van der Waals surface area contributed by atoms with E-state index in [9.17, 15) is 13.0 Å². The third-order valence-corrected chi connectivity index (χ3v) is 5.43. The zero-order chi connectivity index (χ0) is 19.6. The second kappa shape index (κ2) is 8.18. The molecule has 0 fully saturated rings. The molecule has 2 heterocycles. The number of hydrogen-bond acceptors (Lipinski definition) is 4. The average Bonchev–Trinajstić information content (AvgIpc) is 3.05. The Bertz CT molecular complexity index is 996. The molecule has 0 aliphatic rings. The van der Waals surface area contributed by atoms with Gasteiger partial charge in [-0.3, -0.25) is 4.72 Å². The molecular formula is C17H17ClF2N4O2S. The van der Waals surface area contributed by atoms with E-state index in [1.165, 1.54) is 13.3 Å². The van der Waals surface area contributed by atoms with Crippen LogP contribution in [0.2, 0.25) is 5.02 Å². The van der Waals surface area contributed by atoms with Gasteiger partial charge in [0.2, 0.25) is 12.4 Å². The first-order valence-corrected chi connectivity index (χ1v) is 9.56. The molecule has 0 saturated carbocycles. The third-order valence-electron chi connectivity index (χ3n) is 4.02. The second-order valence-electron chi connectivity index (χ2n) is 5.76. The highest BCUT2D eigenvalue weighted by molar-refractivity contribution is 7.86. The molecule has 0 amide bonds. The summed E-state index contributed by atoms with van der Waals surface area (Å²) in [7, 11) is -0.143. The summed E-state index contributed by atoms with van der Waals surface area (Å²) in [6.07, 6.45) is 0.638. The Morgan fingerprint density at radius 3 is 2.85 bits per heavy atom. The Labute approximate surface area is 161 Å². The quantitative estimate of drug-likeness (QED) is 0.605. The first-order valence-electron chi connectivity index (χ1n) is 8.03. The zero-order valence-corrected chi connectivity index (χ0v) is 16.1. The van der Waals surface area contributed by atoms with E-state index in [0.29, 0.717) is 37.8 Å². The van der Waals surface area contributed by atoms with Gasteiger partial charge in [-0.2, -0.15) is 0 Å². The van der Waals surface area contributed by atoms with Crippen LogP contribution >= 0.6 is 11.6 Å². The van der Waals surface area contributed by atoms with Crippen molar-refractivity contribution in [2.45, 2.75) is 31.1 Å². The minimum Gasteiger partial charge on any atom is -0.493 e. The Kier molecular flexibility index (Phi) is 5.91. The van der Waals surface area contributed by atoms with E-state index < -0.39 is 17.4 Å². The maximum atomic E-state index is 12.7. The maximum Gasteiger partial charge on any atom is 0.239 e. The van der Waals surface area contributed by atoms with E-state index in [0.717, 1.165) is 0 Å². The lowest BCUT2D eigenvalue weighted by Crippen LogP contribution is -2.09. The largest absolute Gasteiger partial charge is 0.493 e. The molecule has 0 bridgehead atoms. The average molecular weight is 415 g/mol. The number of benzene rings is 1. The molecule has 2 N–H and O–H groups in total. The molecular weight excluding hydrogens is 398 g/mol.